The van der Waals surface area contributed by atoms with Crippen molar-refractivity contribution >= 4 is 5.91 Å². The van der Waals surface area contributed by atoms with Gasteiger partial charge in [-0.2, -0.15) is 0 Å². The second kappa shape index (κ2) is 6.32. The summed E-state index contributed by atoms with van der Waals surface area (Å²) in [5.74, 6) is -0.0114. The van der Waals surface area contributed by atoms with Crippen LogP contribution >= 0.6 is 0 Å². The summed E-state index contributed by atoms with van der Waals surface area (Å²) in [6.07, 6.45) is 3.36. The molecule has 1 aliphatic heterocycles. The first-order valence-electron chi connectivity index (χ1n) is 7.64. The Bertz CT molecular complexity index is 655. The van der Waals surface area contributed by atoms with Crippen molar-refractivity contribution in [3.8, 4) is 5.69 Å². The fourth-order valence-electron chi connectivity index (χ4n) is 2.62. The van der Waals surface area contributed by atoms with E-state index in [4.69, 9.17) is 4.74 Å². The molecule has 0 radical (unpaired) electrons. The molecule has 0 spiro atoms. The molecule has 116 valence electrons. The van der Waals surface area contributed by atoms with Crippen LogP contribution in [0.3, 0.4) is 0 Å². The molecule has 1 N–H and O–H groups in total. The lowest BCUT2D eigenvalue weighted by Gasteiger charge is -2.11. The summed E-state index contributed by atoms with van der Waals surface area (Å²) in [5.41, 5.74) is 4.32. The first-order valence-corrected chi connectivity index (χ1v) is 7.64. The van der Waals surface area contributed by atoms with Crippen molar-refractivity contribution in [1.29, 1.82) is 0 Å². The average Bonchev–Trinajstić information content (AvgIpc) is 3.17. The minimum atomic E-state index is -0.268. The summed E-state index contributed by atoms with van der Waals surface area (Å²) in [6.45, 7) is 5.27. The quantitative estimate of drug-likeness (QED) is 0.942. The summed E-state index contributed by atoms with van der Waals surface area (Å²) in [5, 5.41) is 2.93. The third kappa shape index (κ3) is 3.04. The standard InChI is InChI=1S/C17H21N3O2/c1-12-13(2)20(11-19-12)15-7-5-14(6-8-15)10-18-17(21)16-4-3-9-22-16/h5-8,11,16H,3-4,9-10H2,1-2H3,(H,18,21). The molecule has 0 saturated carbocycles. The summed E-state index contributed by atoms with van der Waals surface area (Å²) < 4.78 is 7.43. The molecule has 5 heteroatoms. The van der Waals surface area contributed by atoms with Crippen LogP contribution in [0.5, 0.6) is 0 Å². The molecule has 1 unspecified atom stereocenters. The number of aryl methyl sites for hydroxylation is 1. The summed E-state index contributed by atoms with van der Waals surface area (Å²) in [7, 11) is 0. The van der Waals surface area contributed by atoms with E-state index in [1.807, 2.05) is 37.5 Å². The highest BCUT2D eigenvalue weighted by Gasteiger charge is 2.22. The summed E-state index contributed by atoms with van der Waals surface area (Å²) >= 11 is 0. The first kappa shape index (κ1) is 14.8. The van der Waals surface area contributed by atoms with Gasteiger partial charge in [0.15, 0.2) is 0 Å². The van der Waals surface area contributed by atoms with Gasteiger partial charge >= 0.3 is 0 Å². The molecule has 0 aliphatic carbocycles. The lowest BCUT2D eigenvalue weighted by Crippen LogP contribution is -2.33. The molecule has 1 aromatic heterocycles. The Balaban J connectivity index is 1.62. The zero-order chi connectivity index (χ0) is 15.5. The first-order chi connectivity index (χ1) is 10.6. The lowest BCUT2D eigenvalue weighted by molar-refractivity contribution is -0.130. The van der Waals surface area contributed by atoms with Crippen LogP contribution in [0, 0.1) is 13.8 Å². The van der Waals surface area contributed by atoms with Crippen LogP contribution in [0.2, 0.25) is 0 Å². The molecule has 2 aromatic rings. The molecule has 1 fully saturated rings. The maximum atomic E-state index is 11.9. The minimum absolute atomic E-state index is 0.0114. The summed E-state index contributed by atoms with van der Waals surface area (Å²) in [4.78, 5) is 16.2. The molecule has 2 heterocycles. The smallest absolute Gasteiger partial charge is 0.249 e. The van der Waals surface area contributed by atoms with Crippen LogP contribution in [-0.2, 0) is 16.1 Å². The second-order valence-corrected chi connectivity index (χ2v) is 5.67. The predicted molar refractivity (Wildman–Crippen MR) is 83.9 cm³/mol. The normalized spacial score (nSPS) is 17.6. The Morgan fingerprint density at radius 3 is 2.73 bits per heavy atom. The molecule has 22 heavy (non-hydrogen) atoms. The minimum Gasteiger partial charge on any atom is -0.368 e. The molecule has 3 rings (SSSR count). The highest BCUT2D eigenvalue weighted by atomic mass is 16.5. The molecular weight excluding hydrogens is 278 g/mol. The van der Waals surface area contributed by atoms with Gasteiger partial charge in [0.2, 0.25) is 5.91 Å². The van der Waals surface area contributed by atoms with Crippen molar-refractivity contribution in [2.45, 2.75) is 39.3 Å². The zero-order valence-corrected chi connectivity index (χ0v) is 13.0. The van der Waals surface area contributed by atoms with E-state index in [2.05, 4.69) is 21.8 Å². The number of nitrogens with one attached hydrogen (secondary N) is 1. The Kier molecular flexibility index (Phi) is 4.24. The van der Waals surface area contributed by atoms with Gasteiger partial charge in [-0.25, -0.2) is 4.98 Å². The van der Waals surface area contributed by atoms with E-state index in [0.29, 0.717) is 13.2 Å². The summed E-state index contributed by atoms with van der Waals surface area (Å²) in [6, 6.07) is 8.14. The number of imidazole rings is 1. The van der Waals surface area contributed by atoms with Crippen LogP contribution in [0.1, 0.15) is 29.8 Å². The van der Waals surface area contributed by atoms with Gasteiger partial charge < -0.3 is 14.6 Å². The van der Waals surface area contributed by atoms with E-state index in [1.165, 1.54) is 0 Å². The fourth-order valence-corrected chi connectivity index (χ4v) is 2.62. The molecule has 1 saturated heterocycles. The van der Waals surface area contributed by atoms with Gasteiger partial charge in [-0.15, -0.1) is 0 Å². The molecule has 1 atom stereocenters. The van der Waals surface area contributed by atoms with E-state index in [9.17, 15) is 4.79 Å². The van der Waals surface area contributed by atoms with E-state index in [1.54, 1.807) is 0 Å². The molecule has 5 nitrogen and oxygen atoms in total. The predicted octanol–water partition coefficient (Wildman–Crippen LogP) is 2.28. The largest absolute Gasteiger partial charge is 0.368 e. The number of nitrogens with zero attached hydrogens (tertiary/aromatic N) is 2. The fraction of sp³-hybridized carbons (Fsp3) is 0.412. The van der Waals surface area contributed by atoms with Crippen LogP contribution in [-0.4, -0.2) is 28.2 Å². The van der Waals surface area contributed by atoms with Crippen molar-refractivity contribution in [3.05, 3.63) is 47.5 Å². The molecule has 1 amide bonds. The van der Waals surface area contributed by atoms with E-state index >= 15 is 0 Å². The zero-order valence-electron chi connectivity index (χ0n) is 13.0. The Hall–Kier alpha value is -2.14. The maximum absolute atomic E-state index is 11.9. The van der Waals surface area contributed by atoms with Crippen molar-refractivity contribution in [2.24, 2.45) is 0 Å². The number of hydrogen-bond acceptors (Lipinski definition) is 3. The third-order valence-corrected chi connectivity index (χ3v) is 4.16. The van der Waals surface area contributed by atoms with Gasteiger partial charge in [0.25, 0.3) is 0 Å². The van der Waals surface area contributed by atoms with Gasteiger partial charge in [0.1, 0.15) is 6.10 Å². The average molecular weight is 299 g/mol. The van der Waals surface area contributed by atoms with E-state index < -0.39 is 0 Å². The molecular formula is C17H21N3O2. The Labute approximate surface area is 130 Å². The van der Waals surface area contributed by atoms with Crippen molar-refractivity contribution in [1.82, 2.24) is 14.9 Å². The highest BCUT2D eigenvalue weighted by molar-refractivity contribution is 5.80. The van der Waals surface area contributed by atoms with Crippen molar-refractivity contribution in [2.75, 3.05) is 6.61 Å². The van der Waals surface area contributed by atoms with Gasteiger partial charge in [0.05, 0.1) is 12.0 Å². The second-order valence-electron chi connectivity index (χ2n) is 5.67. The van der Waals surface area contributed by atoms with Crippen LogP contribution in [0.25, 0.3) is 5.69 Å². The van der Waals surface area contributed by atoms with Crippen molar-refractivity contribution in [3.63, 3.8) is 0 Å². The van der Waals surface area contributed by atoms with Crippen LogP contribution in [0.15, 0.2) is 30.6 Å². The van der Waals surface area contributed by atoms with Crippen LogP contribution in [0.4, 0.5) is 0 Å². The topological polar surface area (TPSA) is 56.2 Å². The lowest BCUT2D eigenvalue weighted by atomic mass is 10.2. The molecule has 1 aromatic carbocycles. The third-order valence-electron chi connectivity index (χ3n) is 4.16. The van der Waals surface area contributed by atoms with Gasteiger partial charge in [-0.3, -0.25) is 4.79 Å². The number of carbonyl (C=O) groups is 1. The number of carbonyl (C=O) groups excluding carboxylic acids is 1. The number of ether oxygens (including phenoxy) is 1. The van der Waals surface area contributed by atoms with Gasteiger partial charge in [0, 0.05) is 24.5 Å². The monoisotopic (exact) mass is 299 g/mol. The van der Waals surface area contributed by atoms with Gasteiger partial charge in [-0.1, -0.05) is 12.1 Å². The molecule has 1 aliphatic rings. The Morgan fingerprint density at radius 2 is 2.14 bits per heavy atom. The number of rotatable bonds is 4. The van der Waals surface area contributed by atoms with E-state index in [-0.39, 0.29) is 12.0 Å². The Morgan fingerprint density at radius 1 is 1.36 bits per heavy atom. The SMILES string of the molecule is Cc1ncn(-c2ccc(CNC(=O)C3CCCO3)cc2)c1C. The number of benzene rings is 1. The number of hydrogen-bond donors (Lipinski definition) is 1. The number of aromatic nitrogens is 2. The number of amides is 1. The highest BCUT2D eigenvalue weighted by Crippen LogP contribution is 2.15. The van der Waals surface area contributed by atoms with Crippen LogP contribution < -0.4 is 5.32 Å². The van der Waals surface area contributed by atoms with Gasteiger partial charge in [-0.05, 0) is 44.4 Å². The van der Waals surface area contributed by atoms with E-state index in [0.717, 1.165) is 35.5 Å². The maximum Gasteiger partial charge on any atom is 0.249 e. The van der Waals surface area contributed by atoms with Crippen molar-refractivity contribution < 1.29 is 9.53 Å². The molecule has 0 bridgehead atoms.